The van der Waals surface area contributed by atoms with Crippen LogP contribution in [0.25, 0.3) is 0 Å². The number of aliphatic hydroxyl groups is 1. The van der Waals surface area contributed by atoms with E-state index >= 15 is 0 Å². The Bertz CT molecular complexity index is 533. The number of amides is 1. The van der Waals surface area contributed by atoms with Gasteiger partial charge in [-0.05, 0) is 31.1 Å². The van der Waals surface area contributed by atoms with Crippen LogP contribution in [-0.2, 0) is 0 Å². The molecular weight excluding hydrogens is 270 g/mol. The topological polar surface area (TPSA) is 86.3 Å². The number of carbonyl (C=O) groups is 1. The molecule has 1 atom stereocenters. The molecule has 0 saturated carbocycles. The van der Waals surface area contributed by atoms with Crippen LogP contribution in [0.5, 0.6) is 0 Å². The molecule has 1 fully saturated rings. The molecule has 6 nitrogen and oxygen atoms in total. The SMILES string of the molecule is CC(C)C[C@@H](O)C1CCN(C(=O)c2cnc[nH]c2=O)CC1. The van der Waals surface area contributed by atoms with E-state index in [0.717, 1.165) is 19.3 Å². The van der Waals surface area contributed by atoms with Crippen LogP contribution in [0.4, 0.5) is 0 Å². The lowest BCUT2D eigenvalue weighted by molar-refractivity contribution is 0.0384. The molecule has 2 heterocycles. The van der Waals surface area contributed by atoms with Crippen molar-refractivity contribution in [1.82, 2.24) is 14.9 Å². The first-order valence-corrected chi connectivity index (χ1v) is 7.49. The van der Waals surface area contributed by atoms with Crippen LogP contribution in [0.15, 0.2) is 17.3 Å². The number of nitrogens with zero attached hydrogens (tertiary/aromatic N) is 2. The summed E-state index contributed by atoms with van der Waals surface area (Å²) in [7, 11) is 0. The summed E-state index contributed by atoms with van der Waals surface area (Å²) in [5.74, 6) is 0.429. The number of rotatable bonds is 4. The highest BCUT2D eigenvalue weighted by Crippen LogP contribution is 2.24. The van der Waals surface area contributed by atoms with E-state index in [1.165, 1.54) is 12.5 Å². The van der Waals surface area contributed by atoms with Gasteiger partial charge in [-0.2, -0.15) is 0 Å². The summed E-state index contributed by atoms with van der Waals surface area (Å²) in [6, 6.07) is 0. The lowest BCUT2D eigenvalue weighted by Crippen LogP contribution is -2.43. The van der Waals surface area contributed by atoms with Gasteiger partial charge in [0.2, 0.25) is 0 Å². The summed E-state index contributed by atoms with van der Waals surface area (Å²) >= 11 is 0. The first-order chi connectivity index (χ1) is 9.99. The minimum Gasteiger partial charge on any atom is -0.393 e. The van der Waals surface area contributed by atoms with Crippen molar-refractivity contribution in [1.29, 1.82) is 0 Å². The lowest BCUT2D eigenvalue weighted by Gasteiger charge is -2.34. The Morgan fingerprint density at radius 3 is 2.71 bits per heavy atom. The summed E-state index contributed by atoms with van der Waals surface area (Å²) in [4.78, 5) is 31.8. The van der Waals surface area contributed by atoms with Crippen LogP contribution in [0.2, 0.25) is 0 Å². The van der Waals surface area contributed by atoms with E-state index in [2.05, 4.69) is 23.8 Å². The fourth-order valence-corrected chi connectivity index (χ4v) is 2.83. The summed E-state index contributed by atoms with van der Waals surface area (Å²) < 4.78 is 0. The number of piperidine rings is 1. The summed E-state index contributed by atoms with van der Waals surface area (Å²) in [5.41, 5.74) is -0.323. The third kappa shape index (κ3) is 3.91. The zero-order valence-corrected chi connectivity index (χ0v) is 12.6. The van der Waals surface area contributed by atoms with Crippen molar-refractivity contribution < 1.29 is 9.90 Å². The normalized spacial score (nSPS) is 18.0. The van der Waals surface area contributed by atoms with Crippen LogP contribution < -0.4 is 5.56 Å². The van der Waals surface area contributed by atoms with Crippen molar-refractivity contribution in [3.63, 3.8) is 0 Å². The molecule has 1 aliphatic heterocycles. The Labute approximate surface area is 124 Å². The minimum atomic E-state index is -0.406. The molecule has 1 aliphatic rings. The molecule has 0 radical (unpaired) electrons. The van der Waals surface area contributed by atoms with Gasteiger partial charge in [-0.15, -0.1) is 0 Å². The number of carbonyl (C=O) groups excluding carboxylic acids is 1. The zero-order chi connectivity index (χ0) is 15.4. The summed E-state index contributed by atoms with van der Waals surface area (Å²) in [6.07, 6.45) is 4.62. The van der Waals surface area contributed by atoms with E-state index in [-0.39, 0.29) is 23.5 Å². The molecule has 0 unspecified atom stereocenters. The van der Waals surface area contributed by atoms with Crippen molar-refractivity contribution in [2.75, 3.05) is 13.1 Å². The number of hydrogen-bond acceptors (Lipinski definition) is 4. The van der Waals surface area contributed by atoms with Gasteiger partial charge in [0.25, 0.3) is 11.5 Å². The number of H-pyrrole nitrogens is 1. The molecule has 2 rings (SSSR count). The standard InChI is InChI=1S/C15H23N3O3/c1-10(2)7-13(19)11-3-5-18(6-4-11)15(21)12-8-16-9-17-14(12)20/h8-11,13,19H,3-7H2,1-2H3,(H,16,17,20)/t13-/m1/s1. The molecule has 1 aromatic heterocycles. The molecule has 1 amide bonds. The number of aromatic nitrogens is 2. The van der Waals surface area contributed by atoms with Gasteiger partial charge in [0.15, 0.2) is 0 Å². The van der Waals surface area contributed by atoms with Gasteiger partial charge in [-0.1, -0.05) is 13.8 Å². The van der Waals surface area contributed by atoms with Crippen LogP contribution in [-0.4, -0.2) is 45.1 Å². The predicted octanol–water partition coefficient (Wildman–Crippen LogP) is 1.03. The highest BCUT2D eigenvalue weighted by atomic mass is 16.3. The maximum Gasteiger partial charge on any atom is 0.263 e. The van der Waals surface area contributed by atoms with Crippen LogP contribution in [0.3, 0.4) is 0 Å². The Balaban J connectivity index is 1.94. The highest BCUT2D eigenvalue weighted by molar-refractivity contribution is 5.93. The van der Waals surface area contributed by atoms with Crippen LogP contribution >= 0.6 is 0 Å². The Morgan fingerprint density at radius 2 is 2.14 bits per heavy atom. The smallest absolute Gasteiger partial charge is 0.263 e. The maximum atomic E-state index is 12.3. The molecule has 0 aromatic carbocycles. The minimum absolute atomic E-state index is 0.0821. The van der Waals surface area contributed by atoms with Gasteiger partial charge in [-0.3, -0.25) is 9.59 Å². The Morgan fingerprint density at radius 1 is 1.48 bits per heavy atom. The largest absolute Gasteiger partial charge is 0.393 e. The van der Waals surface area contributed by atoms with E-state index in [4.69, 9.17) is 0 Å². The first-order valence-electron chi connectivity index (χ1n) is 7.49. The van der Waals surface area contributed by atoms with Crippen molar-refractivity contribution in [2.24, 2.45) is 11.8 Å². The second kappa shape index (κ2) is 6.85. The number of aromatic amines is 1. The average Bonchev–Trinajstić information content (AvgIpc) is 2.46. The number of nitrogens with one attached hydrogen (secondary N) is 1. The van der Waals surface area contributed by atoms with Gasteiger partial charge >= 0.3 is 0 Å². The van der Waals surface area contributed by atoms with Gasteiger partial charge in [0, 0.05) is 19.3 Å². The molecule has 116 valence electrons. The number of hydrogen-bond donors (Lipinski definition) is 2. The predicted molar refractivity (Wildman–Crippen MR) is 78.9 cm³/mol. The molecular formula is C15H23N3O3. The van der Waals surface area contributed by atoms with Gasteiger partial charge in [0.1, 0.15) is 5.56 Å². The van der Waals surface area contributed by atoms with Gasteiger partial charge in [-0.25, -0.2) is 4.98 Å². The molecule has 0 spiro atoms. The molecule has 0 bridgehead atoms. The first kappa shape index (κ1) is 15.7. The van der Waals surface area contributed by atoms with E-state index < -0.39 is 5.56 Å². The monoisotopic (exact) mass is 293 g/mol. The quantitative estimate of drug-likeness (QED) is 0.868. The molecule has 1 aromatic rings. The van der Waals surface area contributed by atoms with Crippen molar-refractivity contribution in [2.45, 2.75) is 39.2 Å². The summed E-state index contributed by atoms with van der Waals surface area (Å²) in [6.45, 7) is 5.34. The third-order valence-corrected chi connectivity index (χ3v) is 4.03. The van der Waals surface area contributed by atoms with E-state index in [1.807, 2.05) is 0 Å². The van der Waals surface area contributed by atoms with E-state index in [9.17, 15) is 14.7 Å². The second-order valence-corrected chi connectivity index (χ2v) is 6.12. The van der Waals surface area contributed by atoms with Crippen molar-refractivity contribution in [3.8, 4) is 0 Å². The Kier molecular flexibility index (Phi) is 5.12. The van der Waals surface area contributed by atoms with Gasteiger partial charge < -0.3 is 15.0 Å². The zero-order valence-electron chi connectivity index (χ0n) is 12.6. The fraction of sp³-hybridized carbons (Fsp3) is 0.667. The third-order valence-electron chi connectivity index (χ3n) is 4.03. The van der Waals surface area contributed by atoms with E-state index in [0.29, 0.717) is 19.0 Å². The molecule has 6 heteroatoms. The molecule has 0 aliphatic carbocycles. The maximum absolute atomic E-state index is 12.3. The van der Waals surface area contributed by atoms with E-state index in [1.54, 1.807) is 4.90 Å². The molecule has 1 saturated heterocycles. The van der Waals surface area contributed by atoms with Crippen LogP contribution in [0, 0.1) is 11.8 Å². The Hall–Kier alpha value is -1.69. The fourth-order valence-electron chi connectivity index (χ4n) is 2.83. The summed E-state index contributed by atoms with van der Waals surface area (Å²) in [5, 5.41) is 10.2. The number of likely N-dealkylation sites (tertiary alicyclic amines) is 1. The lowest BCUT2D eigenvalue weighted by atomic mass is 9.87. The van der Waals surface area contributed by atoms with Gasteiger partial charge in [0.05, 0.1) is 12.4 Å². The van der Waals surface area contributed by atoms with Crippen molar-refractivity contribution in [3.05, 3.63) is 28.4 Å². The van der Waals surface area contributed by atoms with Crippen molar-refractivity contribution >= 4 is 5.91 Å². The van der Waals surface area contributed by atoms with Crippen LogP contribution in [0.1, 0.15) is 43.5 Å². The highest BCUT2D eigenvalue weighted by Gasteiger charge is 2.29. The number of aliphatic hydroxyl groups excluding tert-OH is 1. The molecule has 2 N–H and O–H groups in total. The molecule has 21 heavy (non-hydrogen) atoms. The average molecular weight is 293 g/mol. The second-order valence-electron chi connectivity index (χ2n) is 6.12.